The Kier molecular flexibility index (Phi) is 1.24. The smallest absolute Gasteiger partial charge is 0.0718 e. The SMILES string of the molecule is CCN1C[C@H]2CC1CO2. The van der Waals surface area contributed by atoms with Crippen LogP contribution < -0.4 is 0 Å². The molecule has 0 spiro atoms. The molecule has 52 valence electrons. The van der Waals surface area contributed by atoms with E-state index < -0.39 is 0 Å². The molecule has 9 heavy (non-hydrogen) atoms. The van der Waals surface area contributed by atoms with E-state index in [9.17, 15) is 0 Å². The normalized spacial score (nSPS) is 42.3. The van der Waals surface area contributed by atoms with Gasteiger partial charge in [-0.1, -0.05) is 6.92 Å². The molecule has 2 bridgehead atoms. The maximum Gasteiger partial charge on any atom is 0.0718 e. The van der Waals surface area contributed by atoms with Crippen molar-refractivity contribution in [3.8, 4) is 0 Å². The Morgan fingerprint density at radius 3 is 2.89 bits per heavy atom. The molecule has 0 N–H and O–H groups in total. The summed E-state index contributed by atoms with van der Waals surface area (Å²) >= 11 is 0. The molecular formula is C7H13NO. The van der Waals surface area contributed by atoms with Crippen molar-refractivity contribution in [3.63, 3.8) is 0 Å². The first-order valence-electron chi connectivity index (χ1n) is 3.76. The number of likely N-dealkylation sites (N-methyl/N-ethyl adjacent to an activating group) is 1. The third-order valence-corrected chi connectivity index (χ3v) is 2.42. The topological polar surface area (TPSA) is 12.5 Å². The number of nitrogens with zero attached hydrogens (tertiary/aromatic N) is 1. The highest BCUT2D eigenvalue weighted by Gasteiger charge is 2.37. The molecule has 1 unspecified atom stereocenters. The van der Waals surface area contributed by atoms with E-state index in [-0.39, 0.29) is 0 Å². The minimum Gasteiger partial charge on any atom is -0.375 e. The number of fused-ring (bicyclic) bond motifs is 2. The van der Waals surface area contributed by atoms with E-state index in [1.807, 2.05) is 0 Å². The monoisotopic (exact) mass is 127 g/mol. The molecule has 2 heteroatoms. The first-order chi connectivity index (χ1) is 4.40. The Labute approximate surface area is 55.8 Å². The van der Waals surface area contributed by atoms with Crippen LogP contribution >= 0.6 is 0 Å². The van der Waals surface area contributed by atoms with Crippen molar-refractivity contribution in [2.24, 2.45) is 0 Å². The molecule has 0 amide bonds. The molecule has 0 saturated carbocycles. The van der Waals surface area contributed by atoms with Gasteiger partial charge < -0.3 is 4.74 Å². The van der Waals surface area contributed by atoms with Crippen LogP contribution in [0.5, 0.6) is 0 Å². The number of rotatable bonds is 1. The molecule has 2 saturated heterocycles. The van der Waals surface area contributed by atoms with Gasteiger partial charge in [0.1, 0.15) is 0 Å². The van der Waals surface area contributed by atoms with Crippen molar-refractivity contribution in [1.29, 1.82) is 0 Å². The summed E-state index contributed by atoms with van der Waals surface area (Å²) in [5, 5.41) is 0. The van der Waals surface area contributed by atoms with Gasteiger partial charge in [0.15, 0.2) is 0 Å². The number of hydrogen-bond acceptors (Lipinski definition) is 2. The Morgan fingerprint density at radius 1 is 1.67 bits per heavy atom. The predicted molar refractivity (Wildman–Crippen MR) is 35.4 cm³/mol. The van der Waals surface area contributed by atoms with Crippen LogP contribution in [0.15, 0.2) is 0 Å². The van der Waals surface area contributed by atoms with Crippen molar-refractivity contribution < 1.29 is 4.74 Å². The van der Waals surface area contributed by atoms with Crippen LogP contribution in [0.4, 0.5) is 0 Å². The highest BCUT2D eigenvalue weighted by Crippen LogP contribution is 2.26. The predicted octanol–water partition coefficient (Wildman–Crippen LogP) is 0.479. The minimum absolute atomic E-state index is 0.579. The zero-order chi connectivity index (χ0) is 6.27. The Hall–Kier alpha value is -0.0800. The average molecular weight is 127 g/mol. The summed E-state index contributed by atoms with van der Waals surface area (Å²) in [4.78, 5) is 2.51. The van der Waals surface area contributed by atoms with Crippen LogP contribution in [-0.4, -0.2) is 36.7 Å². The number of likely N-dealkylation sites (tertiary alicyclic amines) is 1. The molecule has 2 aliphatic rings. The lowest BCUT2D eigenvalue weighted by molar-refractivity contribution is 0.0329. The van der Waals surface area contributed by atoms with Crippen molar-refractivity contribution in [1.82, 2.24) is 4.90 Å². The molecular weight excluding hydrogens is 114 g/mol. The first-order valence-corrected chi connectivity index (χ1v) is 3.76. The van der Waals surface area contributed by atoms with E-state index in [2.05, 4.69) is 11.8 Å². The van der Waals surface area contributed by atoms with Gasteiger partial charge in [-0.25, -0.2) is 0 Å². The fourth-order valence-corrected chi connectivity index (χ4v) is 1.87. The second-order valence-electron chi connectivity index (χ2n) is 2.93. The van der Waals surface area contributed by atoms with Crippen molar-refractivity contribution in [3.05, 3.63) is 0 Å². The zero-order valence-electron chi connectivity index (χ0n) is 5.84. The highest BCUT2D eigenvalue weighted by molar-refractivity contribution is 4.90. The third-order valence-electron chi connectivity index (χ3n) is 2.42. The van der Waals surface area contributed by atoms with E-state index in [1.54, 1.807) is 0 Å². The lowest BCUT2D eigenvalue weighted by Gasteiger charge is -2.24. The molecule has 0 aromatic carbocycles. The third kappa shape index (κ3) is 0.775. The number of morpholine rings is 1. The number of hydrogen-bond donors (Lipinski definition) is 0. The van der Waals surface area contributed by atoms with Crippen LogP contribution in [0.3, 0.4) is 0 Å². The van der Waals surface area contributed by atoms with Gasteiger partial charge >= 0.3 is 0 Å². The summed E-state index contributed by atoms with van der Waals surface area (Å²) < 4.78 is 5.44. The summed E-state index contributed by atoms with van der Waals surface area (Å²) in [6.45, 7) is 5.59. The van der Waals surface area contributed by atoms with E-state index in [4.69, 9.17) is 4.74 Å². The molecule has 2 fully saturated rings. The molecule has 2 nitrogen and oxygen atoms in total. The standard InChI is InChI=1S/C7H13NO/c1-2-8-4-7-3-6(8)5-9-7/h6-7H,2-5H2,1H3/t6?,7-/m1/s1. The van der Waals surface area contributed by atoms with Gasteiger partial charge in [0, 0.05) is 12.6 Å². The van der Waals surface area contributed by atoms with Crippen molar-refractivity contribution in [2.45, 2.75) is 25.5 Å². The Bertz CT molecular complexity index is 115. The van der Waals surface area contributed by atoms with Gasteiger partial charge in [-0.2, -0.15) is 0 Å². The van der Waals surface area contributed by atoms with Gasteiger partial charge in [-0.05, 0) is 13.0 Å². The molecule has 2 atom stereocenters. The van der Waals surface area contributed by atoms with Crippen LogP contribution in [0.2, 0.25) is 0 Å². The van der Waals surface area contributed by atoms with Crippen molar-refractivity contribution >= 4 is 0 Å². The second kappa shape index (κ2) is 1.96. The molecule has 2 rings (SSSR count). The van der Waals surface area contributed by atoms with Crippen LogP contribution in [0, 0.1) is 0 Å². The van der Waals surface area contributed by atoms with Gasteiger partial charge in [0.05, 0.1) is 12.7 Å². The van der Waals surface area contributed by atoms with Gasteiger partial charge in [-0.3, -0.25) is 4.90 Å². The van der Waals surface area contributed by atoms with E-state index in [0.717, 1.165) is 12.6 Å². The fourth-order valence-electron chi connectivity index (χ4n) is 1.87. The van der Waals surface area contributed by atoms with Crippen LogP contribution in [-0.2, 0) is 4.74 Å². The van der Waals surface area contributed by atoms with Gasteiger partial charge in [-0.15, -0.1) is 0 Å². The van der Waals surface area contributed by atoms with E-state index >= 15 is 0 Å². The summed E-state index contributed by atoms with van der Waals surface area (Å²) in [5.41, 5.74) is 0. The maximum absolute atomic E-state index is 5.44. The van der Waals surface area contributed by atoms with Crippen LogP contribution in [0.25, 0.3) is 0 Å². The fraction of sp³-hybridized carbons (Fsp3) is 1.00. The summed E-state index contributed by atoms with van der Waals surface area (Å²) in [5.74, 6) is 0. The zero-order valence-corrected chi connectivity index (χ0v) is 5.84. The molecule has 0 radical (unpaired) electrons. The summed E-state index contributed by atoms with van der Waals surface area (Å²) in [7, 11) is 0. The minimum atomic E-state index is 0.579. The first kappa shape index (κ1) is 5.69. The summed E-state index contributed by atoms with van der Waals surface area (Å²) in [6, 6.07) is 0.764. The van der Waals surface area contributed by atoms with Gasteiger partial charge in [0.2, 0.25) is 0 Å². The largest absolute Gasteiger partial charge is 0.375 e. The van der Waals surface area contributed by atoms with E-state index in [0.29, 0.717) is 6.10 Å². The second-order valence-corrected chi connectivity index (χ2v) is 2.93. The van der Waals surface area contributed by atoms with Crippen LogP contribution in [0.1, 0.15) is 13.3 Å². The summed E-state index contributed by atoms with van der Waals surface area (Å²) in [6.07, 6.45) is 1.86. The quantitative estimate of drug-likeness (QED) is 0.508. The average Bonchev–Trinajstić information content (AvgIpc) is 2.45. The molecule has 2 aliphatic heterocycles. The van der Waals surface area contributed by atoms with E-state index in [1.165, 1.54) is 19.5 Å². The van der Waals surface area contributed by atoms with Gasteiger partial charge in [0.25, 0.3) is 0 Å². The Morgan fingerprint density at radius 2 is 2.56 bits per heavy atom. The molecule has 0 aromatic heterocycles. The molecule has 0 aliphatic carbocycles. The molecule has 2 heterocycles. The lowest BCUT2D eigenvalue weighted by Crippen LogP contribution is -2.36. The Balaban J connectivity index is 2.01. The molecule has 0 aromatic rings. The lowest BCUT2D eigenvalue weighted by atomic mass is 10.2. The number of ether oxygens (including phenoxy) is 1. The highest BCUT2D eigenvalue weighted by atomic mass is 16.5. The maximum atomic E-state index is 5.44. The van der Waals surface area contributed by atoms with Crippen molar-refractivity contribution in [2.75, 3.05) is 19.7 Å².